The van der Waals surface area contributed by atoms with Gasteiger partial charge < -0.3 is 4.57 Å². The van der Waals surface area contributed by atoms with Crippen molar-refractivity contribution in [1.29, 1.82) is 0 Å². The maximum Gasteiger partial charge on any atom is 0.328 e. The van der Waals surface area contributed by atoms with Crippen molar-refractivity contribution in [2.24, 2.45) is 0 Å². The molecule has 22 heavy (non-hydrogen) atoms. The van der Waals surface area contributed by atoms with E-state index in [0.29, 0.717) is 12.3 Å². The number of aromatic nitrogens is 4. The fourth-order valence-corrected chi connectivity index (χ4v) is 3.91. The summed E-state index contributed by atoms with van der Waals surface area (Å²) in [5.41, 5.74) is 1.20. The van der Waals surface area contributed by atoms with Gasteiger partial charge >= 0.3 is 5.69 Å². The monoisotopic (exact) mass is 320 g/mol. The van der Waals surface area contributed by atoms with Gasteiger partial charge in [0.05, 0.1) is 0 Å². The highest BCUT2D eigenvalue weighted by Gasteiger charge is 2.18. The summed E-state index contributed by atoms with van der Waals surface area (Å²) >= 11 is 1.75. The van der Waals surface area contributed by atoms with Crippen LogP contribution < -0.4 is 11.2 Å². The van der Waals surface area contributed by atoms with E-state index in [4.69, 9.17) is 0 Å². The van der Waals surface area contributed by atoms with Crippen LogP contribution in [0.2, 0.25) is 0 Å². The molecular formula is C15H20N4O2S. The van der Waals surface area contributed by atoms with Gasteiger partial charge in [0.1, 0.15) is 5.82 Å². The average molecular weight is 320 g/mol. The van der Waals surface area contributed by atoms with Crippen LogP contribution in [0.3, 0.4) is 0 Å². The van der Waals surface area contributed by atoms with Gasteiger partial charge in [0.2, 0.25) is 0 Å². The zero-order valence-electron chi connectivity index (χ0n) is 12.7. The number of rotatable bonds is 5. The second-order valence-electron chi connectivity index (χ2n) is 5.38. The number of fused-ring (bicyclic) bond motifs is 1. The van der Waals surface area contributed by atoms with E-state index in [1.807, 2.05) is 12.4 Å². The molecule has 7 heteroatoms. The zero-order chi connectivity index (χ0) is 15.5. The van der Waals surface area contributed by atoms with Gasteiger partial charge in [-0.1, -0.05) is 6.92 Å². The Kier molecular flexibility index (Phi) is 4.52. The number of nitrogens with zero attached hydrogens (tertiary/aromatic N) is 3. The number of hydrogen-bond acceptors (Lipinski definition) is 4. The van der Waals surface area contributed by atoms with Crippen LogP contribution in [-0.4, -0.2) is 24.9 Å². The highest BCUT2D eigenvalue weighted by Crippen LogP contribution is 2.20. The number of H-pyrrole nitrogens is 1. The third kappa shape index (κ3) is 2.90. The summed E-state index contributed by atoms with van der Waals surface area (Å²) < 4.78 is 3.87. The molecule has 0 atom stereocenters. The van der Waals surface area contributed by atoms with Crippen molar-refractivity contribution in [2.75, 3.05) is 5.75 Å². The number of aryl methyl sites for hydroxylation is 2. The van der Waals surface area contributed by atoms with Crippen molar-refractivity contribution in [3.63, 3.8) is 0 Å². The summed E-state index contributed by atoms with van der Waals surface area (Å²) in [4.78, 5) is 30.8. The second-order valence-corrected chi connectivity index (χ2v) is 6.49. The van der Waals surface area contributed by atoms with Gasteiger partial charge in [-0.3, -0.25) is 14.3 Å². The molecule has 118 valence electrons. The standard InChI is InChI=1S/C15H20N4O2S/c1-2-13-16-5-8-18(13)6-3-7-19-12-4-9-22-10-11(12)14(20)17-15(19)21/h5,8H,2-4,6-7,9-10H2,1H3,(H,17,20,21). The molecule has 2 aromatic heterocycles. The predicted octanol–water partition coefficient (Wildman–Crippen LogP) is 1.18. The molecule has 1 N–H and O–H groups in total. The summed E-state index contributed by atoms with van der Waals surface area (Å²) in [6.07, 6.45) is 6.32. The van der Waals surface area contributed by atoms with E-state index in [1.165, 1.54) is 0 Å². The van der Waals surface area contributed by atoms with Crippen molar-refractivity contribution >= 4 is 11.8 Å². The maximum absolute atomic E-state index is 12.1. The number of aromatic amines is 1. The summed E-state index contributed by atoms with van der Waals surface area (Å²) in [6.45, 7) is 3.54. The minimum Gasteiger partial charge on any atom is -0.335 e. The smallest absolute Gasteiger partial charge is 0.328 e. The van der Waals surface area contributed by atoms with E-state index in [0.717, 1.165) is 48.6 Å². The number of nitrogens with one attached hydrogen (secondary N) is 1. The lowest BCUT2D eigenvalue weighted by Crippen LogP contribution is -2.37. The highest BCUT2D eigenvalue weighted by molar-refractivity contribution is 7.98. The van der Waals surface area contributed by atoms with E-state index in [2.05, 4.69) is 21.5 Å². The first-order valence-electron chi connectivity index (χ1n) is 7.63. The molecule has 1 aliphatic heterocycles. The highest BCUT2D eigenvalue weighted by atomic mass is 32.2. The van der Waals surface area contributed by atoms with Crippen LogP contribution in [0.5, 0.6) is 0 Å². The topological polar surface area (TPSA) is 72.7 Å². The SMILES string of the molecule is CCc1nccn1CCCn1c2c(c(=O)[nH]c1=O)CSCC2. The van der Waals surface area contributed by atoms with Gasteiger partial charge in [-0.25, -0.2) is 9.78 Å². The largest absolute Gasteiger partial charge is 0.335 e. The van der Waals surface area contributed by atoms with Crippen LogP contribution in [0.15, 0.2) is 22.0 Å². The van der Waals surface area contributed by atoms with Crippen molar-refractivity contribution in [1.82, 2.24) is 19.1 Å². The summed E-state index contributed by atoms with van der Waals surface area (Å²) in [7, 11) is 0. The first kappa shape index (κ1) is 15.1. The van der Waals surface area contributed by atoms with Crippen LogP contribution in [0.4, 0.5) is 0 Å². The Bertz CT molecular complexity index is 775. The Morgan fingerprint density at radius 3 is 3.05 bits per heavy atom. The maximum atomic E-state index is 12.1. The predicted molar refractivity (Wildman–Crippen MR) is 87.4 cm³/mol. The Morgan fingerprint density at radius 1 is 1.36 bits per heavy atom. The molecule has 0 bridgehead atoms. The van der Waals surface area contributed by atoms with E-state index >= 15 is 0 Å². The Balaban J connectivity index is 1.78. The number of imidazole rings is 1. The van der Waals surface area contributed by atoms with Gasteiger partial charge in [0.15, 0.2) is 0 Å². The van der Waals surface area contributed by atoms with Crippen LogP contribution in [0, 0.1) is 0 Å². The Morgan fingerprint density at radius 2 is 2.23 bits per heavy atom. The van der Waals surface area contributed by atoms with Crippen molar-refractivity contribution in [3.8, 4) is 0 Å². The second kappa shape index (κ2) is 6.56. The molecule has 0 aliphatic carbocycles. The average Bonchev–Trinajstić information content (AvgIpc) is 2.98. The molecule has 2 aromatic rings. The molecule has 3 heterocycles. The zero-order valence-corrected chi connectivity index (χ0v) is 13.5. The van der Waals surface area contributed by atoms with Crippen LogP contribution in [0.25, 0.3) is 0 Å². The molecule has 0 aromatic carbocycles. The number of thioether (sulfide) groups is 1. The quantitative estimate of drug-likeness (QED) is 0.898. The molecule has 0 saturated heterocycles. The van der Waals surface area contributed by atoms with Crippen molar-refractivity contribution < 1.29 is 0 Å². The van der Waals surface area contributed by atoms with Gasteiger partial charge in [0.25, 0.3) is 5.56 Å². The molecule has 3 rings (SSSR count). The summed E-state index contributed by atoms with van der Waals surface area (Å²) in [5, 5.41) is 0. The molecular weight excluding hydrogens is 300 g/mol. The van der Waals surface area contributed by atoms with Gasteiger partial charge in [0, 0.05) is 48.9 Å². The fraction of sp³-hybridized carbons (Fsp3) is 0.533. The van der Waals surface area contributed by atoms with E-state index in [9.17, 15) is 9.59 Å². The van der Waals surface area contributed by atoms with Crippen molar-refractivity contribution in [2.45, 2.75) is 45.0 Å². The minimum atomic E-state index is -0.281. The van der Waals surface area contributed by atoms with Crippen LogP contribution in [-0.2, 0) is 31.7 Å². The fourth-order valence-electron chi connectivity index (χ4n) is 2.93. The molecule has 0 fully saturated rings. The van der Waals surface area contributed by atoms with Gasteiger partial charge in [-0.05, 0) is 18.6 Å². The van der Waals surface area contributed by atoms with Crippen molar-refractivity contribution in [3.05, 3.63) is 50.3 Å². The molecule has 1 aliphatic rings. The Labute approximate surface area is 132 Å². The molecule has 6 nitrogen and oxygen atoms in total. The molecule has 0 radical (unpaired) electrons. The molecule has 0 unspecified atom stereocenters. The lowest BCUT2D eigenvalue weighted by molar-refractivity contribution is 0.517. The third-order valence-electron chi connectivity index (χ3n) is 4.04. The summed E-state index contributed by atoms with van der Waals surface area (Å²) in [6, 6.07) is 0. The normalized spacial score (nSPS) is 14.0. The van der Waals surface area contributed by atoms with E-state index < -0.39 is 0 Å². The first-order valence-corrected chi connectivity index (χ1v) is 8.78. The molecule has 0 amide bonds. The molecule has 0 saturated carbocycles. The van der Waals surface area contributed by atoms with Crippen LogP contribution >= 0.6 is 11.8 Å². The van der Waals surface area contributed by atoms with Gasteiger partial charge in [-0.2, -0.15) is 11.8 Å². The molecule has 0 spiro atoms. The third-order valence-corrected chi connectivity index (χ3v) is 5.03. The first-order chi connectivity index (χ1) is 10.7. The summed E-state index contributed by atoms with van der Waals surface area (Å²) in [5.74, 6) is 2.73. The lowest BCUT2D eigenvalue weighted by atomic mass is 10.2. The van der Waals surface area contributed by atoms with Gasteiger partial charge in [-0.15, -0.1) is 0 Å². The van der Waals surface area contributed by atoms with E-state index in [-0.39, 0.29) is 11.2 Å². The Hall–Kier alpha value is -1.76. The lowest BCUT2D eigenvalue weighted by Gasteiger charge is -2.19. The minimum absolute atomic E-state index is 0.216. The number of hydrogen-bond donors (Lipinski definition) is 1. The van der Waals surface area contributed by atoms with Crippen LogP contribution in [0.1, 0.15) is 30.4 Å². The van der Waals surface area contributed by atoms with E-state index in [1.54, 1.807) is 16.3 Å².